The number of aromatic nitrogens is 2. The average Bonchev–Trinajstić information content (AvgIpc) is 2.88. The predicted octanol–water partition coefficient (Wildman–Crippen LogP) is 4.49. The van der Waals surface area contributed by atoms with E-state index < -0.39 is 6.04 Å². The molecule has 0 bridgehead atoms. The van der Waals surface area contributed by atoms with Crippen LogP contribution in [-0.4, -0.2) is 21.8 Å². The second-order valence-electron chi connectivity index (χ2n) is 7.56. The summed E-state index contributed by atoms with van der Waals surface area (Å²) in [7, 11) is 0. The molecule has 0 aliphatic carbocycles. The van der Waals surface area contributed by atoms with Crippen LogP contribution in [0, 0.1) is 6.92 Å². The molecule has 0 unspecified atom stereocenters. The Bertz CT molecular complexity index is 1210. The van der Waals surface area contributed by atoms with Gasteiger partial charge in [-0.3, -0.25) is 24.5 Å². The van der Waals surface area contributed by atoms with Crippen LogP contribution in [0.25, 0.3) is 0 Å². The first kappa shape index (κ1) is 21.9. The normalized spacial score (nSPS) is 11.4. The van der Waals surface area contributed by atoms with Gasteiger partial charge in [-0.05, 0) is 53.9 Å². The Morgan fingerprint density at radius 2 is 1.55 bits per heavy atom. The van der Waals surface area contributed by atoms with Crippen molar-refractivity contribution in [3.8, 4) is 0 Å². The van der Waals surface area contributed by atoms with E-state index in [-0.39, 0.29) is 17.5 Å². The lowest BCUT2D eigenvalue weighted by Crippen LogP contribution is -2.44. The van der Waals surface area contributed by atoms with Crippen LogP contribution in [0.5, 0.6) is 0 Å². The van der Waals surface area contributed by atoms with Gasteiger partial charge < -0.3 is 5.32 Å². The van der Waals surface area contributed by atoms with Gasteiger partial charge in [-0.1, -0.05) is 54.6 Å². The number of rotatable bonds is 7. The van der Waals surface area contributed by atoms with Crippen molar-refractivity contribution in [2.45, 2.75) is 19.5 Å². The molecule has 2 aromatic heterocycles. The number of amides is 2. The van der Waals surface area contributed by atoms with Gasteiger partial charge in [-0.15, -0.1) is 0 Å². The van der Waals surface area contributed by atoms with Crippen molar-refractivity contribution < 1.29 is 9.59 Å². The summed E-state index contributed by atoms with van der Waals surface area (Å²) in [5.74, 6) is -0.654. The van der Waals surface area contributed by atoms with E-state index in [2.05, 4.69) is 15.3 Å². The predicted molar refractivity (Wildman–Crippen MR) is 127 cm³/mol. The summed E-state index contributed by atoms with van der Waals surface area (Å²) in [6.45, 7) is 2.26. The van der Waals surface area contributed by atoms with Crippen molar-refractivity contribution in [1.29, 1.82) is 0 Å². The number of carbonyl (C=O) groups is 2. The lowest BCUT2D eigenvalue weighted by Gasteiger charge is -2.32. The summed E-state index contributed by atoms with van der Waals surface area (Å²) in [4.78, 5) is 37.2. The Hall–Kier alpha value is -4.32. The maximum absolute atomic E-state index is 13.8. The van der Waals surface area contributed by atoms with Gasteiger partial charge in [0, 0.05) is 30.8 Å². The number of para-hydroxylation sites is 1. The molecule has 164 valence electrons. The number of pyridine rings is 2. The molecule has 1 N–H and O–H groups in total. The molecule has 0 aliphatic heterocycles. The molecule has 0 saturated heterocycles. The third-order valence-corrected chi connectivity index (χ3v) is 5.32. The molecule has 1 atom stereocenters. The fraction of sp³-hybridized carbons (Fsp3) is 0.111. The smallest absolute Gasteiger partial charge is 0.277 e. The zero-order chi connectivity index (χ0) is 23.0. The molecular weight excluding hydrogens is 412 g/mol. The fourth-order valence-electron chi connectivity index (χ4n) is 3.66. The third kappa shape index (κ3) is 5.13. The van der Waals surface area contributed by atoms with Crippen molar-refractivity contribution >= 4 is 17.5 Å². The van der Waals surface area contributed by atoms with E-state index in [1.165, 1.54) is 4.90 Å². The number of nitrogens with zero attached hydrogens (tertiary/aromatic N) is 3. The van der Waals surface area contributed by atoms with E-state index in [9.17, 15) is 9.59 Å². The summed E-state index contributed by atoms with van der Waals surface area (Å²) in [6, 6.07) is 24.9. The fourth-order valence-corrected chi connectivity index (χ4v) is 3.66. The molecule has 2 heterocycles. The Morgan fingerprint density at radius 3 is 2.24 bits per heavy atom. The first-order valence-corrected chi connectivity index (χ1v) is 10.7. The standard InChI is InChI=1S/C27H24N4O2/c1-20-9-5-6-13-24(20)31(27(33)23-12-7-8-16-29-23)25(22-14-17-28-18-15-22)26(32)30-19-21-10-3-2-4-11-21/h2-18,25H,19H2,1H3,(H,30,32)/t25-/m0/s1. The van der Waals surface area contributed by atoms with E-state index in [4.69, 9.17) is 0 Å². The highest BCUT2D eigenvalue weighted by Crippen LogP contribution is 2.31. The molecule has 4 rings (SSSR count). The first-order chi connectivity index (χ1) is 16.1. The van der Waals surface area contributed by atoms with E-state index in [1.807, 2.05) is 61.5 Å². The average molecular weight is 437 g/mol. The number of hydrogen-bond donors (Lipinski definition) is 1. The molecule has 2 amide bonds. The Kier molecular flexibility index (Phi) is 6.85. The van der Waals surface area contributed by atoms with Crippen molar-refractivity contribution in [1.82, 2.24) is 15.3 Å². The zero-order valence-electron chi connectivity index (χ0n) is 18.3. The maximum atomic E-state index is 13.8. The number of hydrogen-bond acceptors (Lipinski definition) is 4. The van der Waals surface area contributed by atoms with E-state index in [0.717, 1.165) is 11.1 Å². The van der Waals surface area contributed by atoms with Gasteiger partial charge in [0.1, 0.15) is 11.7 Å². The number of aryl methyl sites for hydroxylation is 1. The second-order valence-corrected chi connectivity index (χ2v) is 7.56. The summed E-state index contributed by atoms with van der Waals surface area (Å²) < 4.78 is 0. The van der Waals surface area contributed by atoms with Crippen LogP contribution in [0.3, 0.4) is 0 Å². The summed E-state index contributed by atoms with van der Waals surface area (Å²) >= 11 is 0. The van der Waals surface area contributed by atoms with E-state index in [1.54, 1.807) is 48.9 Å². The van der Waals surface area contributed by atoms with Crippen LogP contribution < -0.4 is 10.2 Å². The molecule has 4 aromatic rings. The van der Waals surface area contributed by atoms with E-state index >= 15 is 0 Å². The summed E-state index contributed by atoms with van der Waals surface area (Å²) in [5, 5.41) is 3.00. The second kappa shape index (κ2) is 10.3. The highest BCUT2D eigenvalue weighted by Gasteiger charge is 2.34. The topological polar surface area (TPSA) is 75.2 Å². The molecule has 33 heavy (non-hydrogen) atoms. The molecule has 0 spiro atoms. The van der Waals surface area contributed by atoms with Gasteiger partial charge in [0.05, 0.1) is 0 Å². The summed E-state index contributed by atoms with van der Waals surface area (Å²) in [5.41, 5.74) is 3.40. The van der Waals surface area contributed by atoms with Crippen LogP contribution >= 0.6 is 0 Å². The lowest BCUT2D eigenvalue weighted by molar-refractivity contribution is -0.122. The Labute approximate surface area is 192 Å². The monoisotopic (exact) mass is 436 g/mol. The molecule has 6 nitrogen and oxygen atoms in total. The number of anilines is 1. The van der Waals surface area contributed by atoms with Crippen molar-refractivity contribution in [2.75, 3.05) is 4.90 Å². The molecule has 2 aromatic carbocycles. The summed E-state index contributed by atoms with van der Waals surface area (Å²) in [6.07, 6.45) is 4.81. The van der Waals surface area contributed by atoms with Gasteiger partial charge in [-0.25, -0.2) is 0 Å². The molecule has 0 radical (unpaired) electrons. The van der Waals surface area contributed by atoms with Crippen LogP contribution in [0.2, 0.25) is 0 Å². The van der Waals surface area contributed by atoms with Crippen LogP contribution in [0.15, 0.2) is 104 Å². The largest absolute Gasteiger partial charge is 0.350 e. The SMILES string of the molecule is Cc1ccccc1N(C(=O)c1ccccn1)[C@H](C(=O)NCc1ccccc1)c1ccncc1. The van der Waals surface area contributed by atoms with Crippen molar-refractivity contribution in [3.05, 3.63) is 126 Å². The minimum atomic E-state index is -0.910. The third-order valence-electron chi connectivity index (χ3n) is 5.32. The minimum absolute atomic E-state index is 0.260. The minimum Gasteiger partial charge on any atom is -0.350 e. The Balaban J connectivity index is 1.78. The van der Waals surface area contributed by atoms with Crippen molar-refractivity contribution in [3.63, 3.8) is 0 Å². The highest BCUT2D eigenvalue weighted by atomic mass is 16.2. The molecule has 6 heteroatoms. The quantitative estimate of drug-likeness (QED) is 0.463. The number of nitrogens with one attached hydrogen (secondary N) is 1. The number of carbonyl (C=O) groups excluding carboxylic acids is 2. The highest BCUT2D eigenvalue weighted by molar-refractivity contribution is 6.09. The van der Waals surface area contributed by atoms with E-state index in [0.29, 0.717) is 17.8 Å². The number of benzene rings is 2. The van der Waals surface area contributed by atoms with Crippen LogP contribution in [-0.2, 0) is 11.3 Å². The molecule has 0 saturated carbocycles. The Morgan fingerprint density at radius 1 is 0.848 bits per heavy atom. The maximum Gasteiger partial charge on any atom is 0.277 e. The van der Waals surface area contributed by atoms with Crippen LogP contribution in [0.1, 0.15) is 33.2 Å². The molecule has 0 aliphatic rings. The molecule has 0 fully saturated rings. The lowest BCUT2D eigenvalue weighted by atomic mass is 10.0. The van der Waals surface area contributed by atoms with Gasteiger partial charge in [0.2, 0.25) is 5.91 Å². The van der Waals surface area contributed by atoms with Gasteiger partial charge in [0.15, 0.2) is 0 Å². The van der Waals surface area contributed by atoms with Gasteiger partial charge >= 0.3 is 0 Å². The van der Waals surface area contributed by atoms with Crippen LogP contribution in [0.4, 0.5) is 5.69 Å². The molecular formula is C27H24N4O2. The van der Waals surface area contributed by atoms with Crippen molar-refractivity contribution in [2.24, 2.45) is 0 Å². The first-order valence-electron chi connectivity index (χ1n) is 10.7. The zero-order valence-corrected chi connectivity index (χ0v) is 18.3. The van der Waals surface area contributed by atoms with Gasteiger partial charge in [-0.2, -0.15) is 0 Å². The van der Waals surface area contributed by atoms with Gasteiger partial charge in [0.25, 0.3) is 5.91 Å².